The minimum absolute atomic E-state index is 0.0195. The first-order valence-corrected chi connectivity index (χ1v) is 18.2. The number of benzene rings is 2. The van der Waals surface area contributed by atoms with Crippen molar-refractivity contribution in [3.05, 3.63) is 71.2 Å². The fourth-order valence-electron chi connectivity index (χ4n) is 8.00. The quantitative estimate of drug-likeness (QED) is 0.147. The lowest BCUT2D eigenvalue weighted by Gasteiger charge is -2.41. The van der Waals surface area contributed by atoms with Gasteiger partial charge in [0.25, 0.3) is 5.89 Å². The van der Waals surface area contributed by atoms with Crippen molar-refractivity contribution in [2.24, 2.45) is 0 Å². The molecule has 1 atom stereocenters. The average molecular weight is 758 g/mol. The van der Waals surface area contributed by atoms with Gasteiger partial charge in [-0.1, -0.05) is 47.1 Å². The van der Waals surface area contributed by atoms with Crippen molar-refractivity contribution in [1.82, 2.24) is 34.9 Å². The van der Waals surface area contributed by atoms with Gasteiger partial charge in [-0.25, -0.2) is 4.39 Å². The van der Waals surface area contributed by atoms with Gasteiger partial charge in [0.15, 0.2) is 5.82 Å². The average Bonchev–Trinajstić information content (AvgIpc) is 3.90. The molecule has 0 spiro atoms. The van der Waals surface area contributed by atoms with Crippen molar-refractivity contribution in [2.75, 3.05) is 44.2 Å². The van der Waals surface area contributed by atoms with Crippen molar-refractivity contribution < 1.29 is 27.2 Å². The summed E-state index contributed by atoms with van der Waals surface area (Å²) in [7, 11) is 0. The van der Waals surface area contributed by atoms with Crippen LogP contribution in [0.15, 0.2) is 53.2 Å². The Kier molecular flexibility index (Phi) is 9.35. The summed E-state index contributed by atoms with van der Waals surface area (Å²) in [4.78, 5) is 36.9. The van der Waals surface area contributed by atoms with Crippen molar-refractivity contribution in [3.63, 3.8) is 0 Å². The van der Waals surface area contributed by atoms with Crippen LogP contribution < -0.4 is 9.64 Å². The Bertz CT molecular complexity index is 2310. The molecule has 0 bridgehead atoms. The zero-order chi connectivity index (χ0) is 37.6. The molecule has 6 heterocycles. The number of halogens is 4. The second kappa shape index (κ2) is 14.1. The molecule has 5 aromatic rings. The van der Waals surface area contributed by atoms with Gasteiger partial charge in [-0.05, 0) is 50.2 Å². The molecule has 3 aliphatic heterocycles. The van der Waals surface area contributed by atoms with E-state index in [-0.39, 0.29) is 54.7 Å². The number of pyridine rings is 1. The van der Waals surface area contributed by atoms with E-state index in [2.05, 4.69) is 31.1 Å². The van der Waals surface area contributed by atoms with Crippen molar-refractivity contribution in [3.8, 4) is 23.3 Å². The maximum absolute atomic E-state index is 16.9. The van der Waals surface area contributed by atoms with Crippen molar-refractivity contribution >= 4 is 51.1 Å². The van der Waals surface area contributed by atoms with Gasteiger partial charge in [0, 0.05) is 60.9 Å². The summed E-state index contributed by atoms with van der Waals surface area (Å²) in [6.45, 7) is 3.62. The lowest BCUT2D eigenvalue weighted by molar-refractivity contribution is -0.128. The van der Waals surface area contributed by atoms with Crippen LogP contribution in [0.1, 0.15) is 50.7 Å². The van der Waals surface area contributed by atoms with Crippen LogP contribution in [0.5, 0.6) is 6.01 Å². The molecule has 1 unspecified atom stereocenters. The second-order valence-corrected chi connectivity index (χ2v) is 14.4. The summed E-state index contributed by atoms with van der Waals surface area (Å²) in [5.74, 6) is -5.13. The Morgan fingerprint density at radius 1 is 1.13 bits per heavy atom. The van der Waals surface area contributed by atoms with Crippen LogP contribution in [0.4, 0.5) is 19.0 Å². The third-order valence-electron chi connectivity index (χ3n) is 10.6. The number of hydrogen-bond donors (Lipinski definition) is 0. The number of ether oxygens (including phenoxy) is 1. The molecular weight excluding hydrogens is 723 g/mol. The highest BCUT2D eigenvalue weighted by Gasteiger charge is 2.45. The van der Waals surface area contributed by atoms with Crippen LogP contribution in [-0.4, -0.2) is 91.7 Å². The Labute approximate surface area is 313 Å². The van der Waals surface area contributed by atoms with E-state index >= 15 is 4.39 Å². The molecule has 3 aromatic heterocycles. The number of fused-ring (bicyclic) bond motifs is 3. The number of nitriles is 1. The molecule has 278 valence electrons. The van der Waals surface area contributed by atoms with Crippen LogP contribution in [0, 0.1) is 17.1 Å². The minimum atomic E-state index is -3.30. The van der Waals surface area contributed by atoms with Crippen molar-refractivity contribution in [2.45, 2.75) is 56.5 Å². The number of carbonyl (C=O) groups excluding carboxylic acids is 1. The van der Waals surface area contributed by atoms with Crippen LogP contribution >= 0.6 is 11.6 Å². The molecule has 0 N–H and O–H groups in total. The predicted octanol–water partition coefficient (Wildman–Crippen LogP) is 6.78. The van der Waals surface area contributed by atoms with Crippen LogP contribution in [-0.2, 0) is 10.7 Å². The standard InChI is InChI=1S/C38H35ClF3N9O3/c1-37(41,42)35-45-28(54-48-35)10-11-29(52)51-19-18-49(21-24(51)12-15-43)34-26-20-44-32(25-8-2-6-23-7-3-9-27(39)30(23)25)31(40)33(26)46-36(47-34)53-22-38-13-4-16-50(38)17-5-14-38/h2-3,6-11,20,24H,4-5,12-14,16-19,21-22H2,1H3/b11-10+. The van der Waals surface area contributed by atoms with E-state index in [0.29, 0.717) is 40.7 Å². The minimum Gasteiger partial charge on any atom is -0.461 e. The number of amides is 1. The number of rotatable bonds is 9. The van der Waals surface area contributed by atoms with Gasteiger partial charge in [-0.3, -0.25) is 14.7 Å². The monoisotopic (exact) mass is 757 g/mol. The number of alkyl halides is 2. The molecule has 54 heavy (non-hydrogen) atoms. The summed E-state index contributed by atoms with van der Waals surface area (Å²) < 4.78 is 55.3. The zero-order valence-electron chi connectivity index (χ0n) is 29.3. The largest absolute Gasteiger partial charge is 0.461 e. The molecule has 0 saturated carbocycles. The maximum Gasteiger partial charge on any atom is 0.319 e. The fourth-order valence-corrected chi connectivity index (χ4v) is 8.29. The van der Waals surface area contributed by atoms with E-state index in [1.165, 1.54) is 11.1 Å². The number of nitrogens with zero attached hydrogens (tertiary/aromatic N) is 9. The molecule has 1 amide bonds. The van der Waals surface area contributed by atoms with Gasteiger partial charge < -0.3 is 19.1 Å². The second-order valence-electron chi connectivity index (χ2n) is 14.0. The van der Waals surface area contributed by atoms with Gasteiger partial charge >= 0.3 is 11.9 Å². The smallest absolute Gasteiger partial charge is 0.319 e. The first-order valence-electron chi connectivity index (χ1n) is 17.8. The number of piperazine rings is 1. The summed E-state index contributed by atoms with van der Waals surface area (Å²) in [6.07, 6.45) is 7.97. The summed E-state index contributed by atoms with van der Waals surface area (Å²) >= 11 is 6.62. The molecule has 3 fully saturated rings. The highest BCUT2D eigenvalue weighted by Crippen LogP contribution is 2.41. The van der Waals surface area contributed by atoms with Gasteiger partial charge in [0.05, 0.1) is 29.5 Å². The SMILES string of the molecule is CC(F)(F)c1noc(/C=C/C(=O)N2CCN(c3nc(OCC45CCCN4CCC5)nc4c(F)c(-c5cccc6cccc(Cl)c56)ncc34)CC2CC#N)n1. The number of aromatic nitrogens is 5. The lowest BCUT2D eigenvalue weighted by Crippen LogP contribution is -2.55. The van der Waals surface area contributed by atoms with Crippen LogP contribution in [0.25, 0.3) is 39.0 Å². The van der Waals surface area contributed by atoms with Gasteiger partial charge in [0.1, 0.15) is 23.6 Å². The van der Waals surface area contributed by atoms with E-state index < -0.39 is 29.5 Å². The number of anilines is 1. The molecule has 0 aliphatic carbocycles. The lowest BCUT2D eigenvalue weighted by atomic mass is 9.95. The number of hydrogen-bond acceptors (Lipinski definition) is 11. The topological polar surface area (TPSA) is 137 Å². The first kappa shape index (κ1) is 35.7. The molecular formula is C38H35ClF3N9O3. The predicted molar refractivity (Wildman–Crippen MR) is 194 cm³/mol. The molecule has 2 aromatic carbocycles. The Balaban J connectivity index is 1.14. The molecule has 0 radical (unpaired) electrons. The van der Waals surface area contributed by atoms with E-state index in [0.717, 1.165) is 56.3 Å². The highest BCUT2D eigenvalue weighted by molar-refractivity contribution is 6.36. The normalized spacial score (nSPS) is 18.9. The van der Waals surface area contributed by atoms with Gasteiger partial charge in [-0.15, -0.1) is 0 Å². The van der Waals surface area contributed by atoms with Gasteiger partial charge in [-0.2, -0.15) is 29.0 Å². The molecule has 8 rings (SSSR count). The zero-order valence-corrected chi connectivity index (χ0v) is 30.1. The molecule has 12 nitrogen and oxygen atoms in total. The first-order chi connectivity index (χ1) is 26.0. The third-order valence-corrected chi connectivity index (χ3v) is 10.9. The maximum atomic E-state index is 16.9. The Morgan fingerprint density at radius 3 is 2.65 bits per heavy atom. The van der Waals surface area contributed by atoms with Gasteiger partial charge in [0.2, 0.25) is 11.7 Å². The fraction of sp³-hybridized carbons (Fsp3) is 0.395. The van der Waals surface area contributed by atoms with E-state index in [9.17, 15) is 18.8 Å². The number of carbonyl (C=O) groups is 1. The molecule has 16 heteroatoms. The van der Waals surface area contributed by atoms with Crippen LogP contribution in [0.2, 0.25) is 5.02 Å². The van der Waals surface area contributed by atoms with Crippen LogP contribution in [0.3, 0.4) is 0 Å². The highest BCUT2D eigenvalue weighted by atomic mass is 35.5. The molecule has 3 saturated heterocycles. The summed E-state index contributed by atoms with van der Waals surface area (Å²) in [5, 5.41) is 15.3. The van der Waals surface area contributed by atoms with E-state index in [1.54, 1.807) is 12.1 Å². The third kappa shape index (κ3) is 6.58. The Hall–Kier alpha value is -5.33. The summed E-state index contributed by atoms with van der Waals surface area (Å²) in [5.41, 5.74) is 0.499. The van der Waals surface area contributed by atoms with E-state index in [1.807, 2.05) is 29.2 Å². The molecule has 3 aliphatic rings. The summed E-state index contributed by atoms with van der Waals surface area (Å²) in [6, 6.07) is 12.5. The van der Waals surface area contributed by atoms with Crippen molar-refractivity contribution in [1.29, 1.82) is 5.26 Å². The Morgan fingerprint density at radius 2 is 1.91 bits per heavy atom. The van der Waals surface area contributed by atoms with E-state index in [4.69, 9.17) is 25.8 Å².